The van der Waals surface area contributed by atoms with Crippen molar-refractivity contribution in [2.75, 3.05) is 6.26 Å². The van der Waals surface area contributed by atoms with Crippen molar-refractivity contribution in [1.82, 2.24) is 0 Å². The molecule has 1 aromatic rings. The molecular weight excluding hydrogens is 236 g/mol. The molecule has 0 aliphatic rings. The molecule has 0 bridgehead atoms. The average Bonchev–Trinajstić information content (AvgIpc) is 2.19. The summed E-state index contributed by atoms with van der Waals surface area (Å²) in [7, 11) is -3.28. The molecule has 1 aromatic carbocycles. The molecule has 1 rings (SSSR count). The molecule has 96 valence electrons. The Morgan fingerprint density at radius 1 is 1.29 bits per heavy atom. The Balaban J connectivity index is 2.95. The van der Waals surface area contributed by atoms with Gasteiger partial charge >= 0.3 is 0 Å². The summed E-state index contributed by atoms with van der Waals surface area (Å²) in [6.07, 6.45) is 0.611. The predicted octanol–water partition coefficient (Wildman–Crippen LogP) is 1.72. The Morgan fingerprint density at radius 2 is 1.82 bits per heavy atom. The molecule has 1 N–H and O–H groups in total. The van der Waals surface area contributed by atoms with Crippen LogP contribution in [0.4, 0.5) is 0 Å². The van der Waals surface area contributed by atoms with Gasteiger partial charge in [0.05, 0.1) is 10.9 Å². The van der Waals surface area contributed by atoms with E-state index in [1.54, 1.807) is 13.8 Å². The van der Waals surface area contributed by atoms with Crippen LogP contribution in [-0.4, -0.2) is 30.6 Å². The summed E-state index contributed by atoms with van der Waals surface area (Å²) in [6, 6.07) is 7.68. The van der Waals surface area contributed by atoms with Gasteiger partial charge in [-0.1, -0.05) is 24.3 Å². The minimum Gasteiger partial charge on any atom is -0.391 e. The van der Waals surface area contributed by atoms with Gasteiger partial charge in [-0.3, -0.25) is 0 Å². The molecular formula is C13H20O3S. The second kappa shape index (κ2) is 4.78. The van der Waals surface area contributed by atoms with E-state index in [9.17, 15) is 13.5 Å². The van der Waals surface area contributed by atoms with Crippen LogP contribution in [0.3, 0.4) is 0 Å². The first-order valence-corrected chi connectivity index (χ1v) is 7.47. The van der Waals surface area contributed by atoms with E-state index in [4.69, 9.17) is 0 Å². The minimum absolute atomic E-state index is 0.354. The van der Waals surface area contributed by atoms with E-state index in [0.29, 0.717) is 6.42 Å². The van der Waals surface area contributed by atoms with Crippen molar-refractivity contribution >= 4 is 9.84 Å². The molecule has 0 saturated heterocycles. The number of sulfone groups is 1. The first-order valence-electron chi connectivity index (χ1n) is 5.58. The van der Waals surface area contributed by atoms with Crippen LogP contribution < -0.4 is 0 Å². The van der Waals surface area contributed by atoms with Crippen LogP contribution in [0.25, 0.3) is 0 Å². The van der Waals surface area contributed by atoms with Crippen LogP contribution in [-0.2, 0) is 16.3 Å². The molecule has 0 aliphatic heterocycles. The Labute approximate surface area is 103 Å². The maximum atomic E-state index is 11.6. The quantitative estimate of drug-likeness (QED) is 0.892. The molecule has 0 saturated carbocycles. The summed E-state index contributed by atoms with van der Waals surface area (Å²) in [5.41, 5.74) is 2.05. The normalized spacial score (nSPS) is 14.6. The van der Waals surface area contributed by atoms with E-state index in [-0.39, 0.29) is 0 Å². The third kappa shape index (κ3) is 3.07. The van der Waals surface area contributed by atoms with Gasteiger partial charge in [0.25, 0.3) is 0 Å². The highest BCUT2D eigenvalue weighted by Gasteiger charge is 2.37. The van der Waals surface area contributed by atoms with Crippen molar-refractivity contribution < 1.29 is 13.5 Å². The molecule has 0 fully saturated rings. The van der Waals surface area contributed by atoms with Crippen molar-refractivity contribution in [2.24, 2.45) is 0 Å². The van der Waals surface area contributed by atoms with Crippen molar-refractivity contribution in [3.8, 4) is 0 Å². The molecule has 3 nitrogen and oxygen atoms in total. The van der Waals surface area contributed by atoms with E-state index in [1.165, 1.54) is 0 Å². The van der Waals surface area contributed by atoms with Gasteiger partial charge in [-0.15, -0.1) is 0 Å². The smallest absolute Gasteiger partial charge is 0.155 e. The molecule has 1 unspecified atom stereocenters. The fourth-order valence-electron chi connectivity index (χ4n) is 1.54. The molecule has 1 atom stereocenters. The van der Waals surface area contributed by atoms with E-state index < -0.39 is 20.7 Å². The van der Waals surface area contributed by atoms with Gasteiger partial charge in [0.1, 0.15) is 0 Å². The lowest BCUT2D eigenvalue weighted by molar-refractivity contribution is 0.137. The van der Waals surface area contributed by atoms with Gasteiger partial charge in [0, 0.05) is 12.7 Å². The van der Waals surface area contributed by atoms with Gasteiger partial charge in [0.2, 0.25) is 0 Å². The zero-order chi connectivity index (χ0) is 13.3. The van der Waals surface area contributed by atoms with Crippen LogP contribution in [0, 0.1) is 6.92 Å². The first kappa shape index (κ1) is 14.2. The molecule has 0 aliphatic carbocycles. The summed E-state index contributed by atoms with van der Waals surface area (Å²) in [5.74, 6) is 0. The van der Waals surface area contributed by atoms with Crippen molar-refractivity contribution in [3.05, 3.63) is 35.4 Å². The lowest BCUT2D eigenvalue weighted by Gasteiger charge is -2.29. The minimum atomic E-state index is -3.28. The monoisotopic (exact) mass is 256 g/mol. The predicted molar refractivity (Wildman–Crippen MR) is 69.8 cm³/mol. The average molecular weight is 256 g/mol. The number of aryl methyl sites for hydroxylation is 1. The third-order valence-electron chi connectivity index (χ3n) is 3.43. The molecule has 0 heterocycles. The highest BCUT2D eigenvalue weighted by atomic mass is 32.2. The van der Waals surface area contributed by atoms with Crippen LogP contribution in [0.15, 0.2) is 24.3 Å². The highest BCUT2D eigenvalue weighted by molar-refractivity contribution is 7.92. The SMILES string of the molecule is Cc1ccccc1CC(O)C(C)(C)S(C)(=O)=O. The number of hydrogen-bond donors (Lipinski definition) is 1. The molecule has 0 radical (unpaired) electrons. The molecule has 17 heavy (non-hydrogen) atoms. The Hall–Kier alpha value is -0.870. The van der Waals surface area contributed by atoms with Crippen LogP contribution >= 0.6 is 0 Å². The molecule has 0 aromatic heterocycles. The number of hydrogen-bond acceptors (Lipinski definition) is 3. The van der Waals surface area contributed by atoms with E-state index in [0.717, 1.165) is 17.4 Å². The number of aliphatic hydroxyl groups is 1. The van der Waals surface area contributed by atoms with Gasteiger partial charge in [-0.05, 0) is 31.9 Å². The maximum Gasteiger partial charge on any atom is 0.155 e. The lowest BCUT2D eigenvalue weighted by Crippen LogP contribution is -2.44. The van der Waals surface area contributed by atoms with E-state index >= 15 is 0 Å². The zero-order valence-corrected chi connectivity index (χ0v) is 11.6. The lowest BCUT2D eigenvalue weighted by atomic mass is 9.96. The number of aliphatic hydroxyl groups excluding tert-OH is 1. The number of benzene rings is 1. The second-order valence-electron chi connectivity index (χ2n) is 5.02. The fraction of sp³-hybridized carbons (Fsp3) is 0.538. The van der Waals surface area contributed by atoms with Crippen LogP contribution in [0.5, 0.6) is 0 Å². The summed E-state index contributed by atoms with van der Waals surface area (Å²) in [6.45, 7) is 5.08. The third-order valence-corrected chi connectivity index (χ3v) is 5.62. The van der Waals surface area contributed by atoms with Crippen molar-refractivity contribution in [1.29, 1.82) is 0 Å². The summed E-state index contributed by atoms with van der Waals surface area (Å²) >= 11 is 0. The van der Waals surface area contributed by atoms with Gasteiger partial charge in [-0.2, -0.15) is 0 Å². The standard InChI is InChI=1S/C13H20O3S/c1-10-7-5-6-8-11(10)9-12(14)13(2,3)17(4,15)16/h5-8,12,14H,9H2,1-4H3. The number of rotatable bonds is 4. The molecule has 0 amide bonds. The Bertz CT molecular complexity index is 489. The van der Waals surface area contributed by atoms with E-state index in [2.05, 4.69) is 0 Å². The van der Waals surface area contributed by atoms with Crippen molar-refractivity contribution in [2.45, 2.75) is 38.0 Å². The zero-order valence-electron chi connectivity index (χ0n) is 10.8. The summed E-state index contributed by atoms with van der Waals surface area (Å²) in [4.78, 5) is 0. The van der Waals surface area contributed by atoms with Crippen molar-refractivity contribution in [3.63, 3.8) is 0 Å². The largest absolute Gasteiger partial charge is 0.391 e. The molecule has 0 spiro atoms. The molecule has 4 heteroatoms. The topological polar surface area (TPSA) is 54.4 Å². The van der Waals surface area contributed by atoms with Crippen LogP contribution in [0.1, 0.15) is 25.0 Å². The van der Waals surface area contributed by atoms with Gasteiger partial charge in [-0.25, -0.2) is 8.42 Å². The summed E-state index contributed by atoms with van der Waals surface area (Å²) < 4.78 is 22.1. The second-order valence-corrected chi connectivity index (χ2v) is 7.62. The van der Waals surface area contributed by atoms with Gasteiger partial charge < -0.3 is 5.11 Å². The van der Waals surface area contributed by atoms with Gasteiger partial charge in [0.15, 0.2) is 9.84 Å². The Morgan fingerprint density at radius 3 is 2.29 bits per heavy atom. The highest BCUT2D eigenvalue weighted by Crippen LogP contribution is 2.23. The fourth-order valence-corrected chi connectivity index (χ4v) is 2.12. The summed E-state index contributed by atoms with van der Waals surface area (Å²) in [5, 5.41) is 10.1. The maximum absolute atomic E-state index is 11.6. The first-order chi connectivity index (χ1) is 7.66. The van der Waals surface area contributed by atoms with E-state index in [1.807, 2.05) is 31.2 Å². The van der Waals surface area contributed by atoms with Crippen LogP contribution in [0.2, 0.25) is 0 Å². The Kier molecular flexibility index (Phi) is 3.99.